The molecule has 0 saturated carbocycles. The van der Waals surface area contributed by atoms with Crippen molar-refractivity contribution in [3.05, 3.63) is 35.5 Å². The summed E-state index contributed by atoms with van der Waals surface area (Å²) in [4.78, 5) is 16.3. The van der Waals surface area contributed by atoms with E-state index in [0.717, 1.165) is 11.3 Å². The van der Waals surface area contributed by atoms with Gasteiger partial charge in [0.1, 0.15) is 12.4 Å². The molecule has 0 aliphatic rings. The van der Waals surface area contributed by atoms with Crippen molar-refractivity contribution in [1.82, 2.24) is 14.6 Å². The molecule has 0 saturated heterocycles. The fourth-order valence-corrected chi connectivity index (χ4v) is 2.68. The van der Waals surface area contributed by atoms with Crippen molar-refractivity contribution in [2.75, 3.05) is 19.0 Å². The Balaban J connectivity index is 1.93. The Hall–Kier alpha value is -2.32. The summed E-state index contributed by atoms with van der Waals surface area (Å²) in [6, 6.07) is 6.11. The monoisotopic (exact) mass is 306 g/mol. The van der Waals surface area contributed by atoms with Gasteiger partial charge < -0.3 is 4.74 Å². The van der Waals surface area contributed by atoms with E-state index in [2.05, 4.69) is 15.4 Å². The number of halogens is 1. The molecule has 0 atom stereocenters. The Morgan fingerprint density at radius 1 is 1.43 bits per heavy atom. The molecule has 6 nitrogen and oxygen atoms in total. The molecule has 8 heteroatoms. The zero-order valence-electron chi connectivity index (χ0n) is 11.0. The van der Waals surface area contributed by atoms with E-state index in [0.29, 0.717) is 4.96 Å². The number of carbonyl (C=O) groups is 1. The molecule has 1 N–H and O–H groups in total. The van der Waals surface area contributed by atoms with E-state index in [1.807, 2.05) is 5.38 Å². The van der Waals surface area contributed by atoms with Gasteiger partial charge in [0.15, 0.2) is 0 Å². The maximum atomic E-state index is 13.0. The van der Waals surface area contributed by atoms with E-state index in [1.54, 1.807) is 16.6 Å². The Morgan fingerprint density at radius 3 is 2.90 bits per heavy atom. The van der Waals surface area contributed by atoms with Crippen molar-refractivity contribution in [1.29, 1.82) is 0 Å². The lowest BCUT2D eigenvalue weighted by atomic mass is 10.2. The summed E-state index contributed by atoms with van der Waals surface area (Å²) in [6.45, 7) is -0.0579. The largest absolute Gasteiger partial charge is 0.375 e. The minimum Gasteiger partial charge on any atom is -0.375 e. The van der Waals surface area contributed by atoms with Crippen molar-refractivity contribution in [3.63, 3.8) is 0 Å². The molecule has 0 fully saturated rings. The Bertz CT molecular complexity index is 781. The average molecular weight is 306 g/mol. The third-order valence-electron chi connectivity index (χ3n) is 2.75. The summed E-state index contributed by atoms with van der Waals surface area (Å²) >= 11 is 1.39. The van der Waals surface area contributed by atoms with Crippen molar-refractivity contribution in [3.8, 4) is 11.3 Å². The molecule has 1 aromatic carbocycles. The first-order valence-corrected chi connectivity index (χ1v) is 6.94. The van der Waals surface area contributed by atoms with Gasteiger partial charge >= 0.3 is 0 Å². The average Bonchev–Trinajstić information content (AvgIpc) is 3.00. The zero-order chi connectivity index (χ0) is 14.8. The molecule has 0 unspecified atom stereocenters. The molecule has 21 heavy (non-hydrogen) atoms. The minimum atomic E-state index is -0.320. The maximum Gasteiger partial charge on any atom is 0.252 e. The van der Waals surface area contributed by atoms with Gasteiger partial charge in [-0.3, -0.25) is 10.1 Å². The van der Waals surface area contributed by atoms with E-state index in [9.17, 15) is 9.18 Å². The lowest BCUT2D eigenvalue weighted by Gasteiger charge is -1.99. The standard InChI is InChI=1S/C13H11FN4O2S/c1-20-6-11(19)15-12-16-13-18(17-12)10(7-21-13)8-2-4-9(14)5-3-8/h2-5,7H,6H2,1H3,(H,15,17,19). The second kappa shape index (κ2) is 5.58. The van der Waals surface area contributed by atoms with Gasteiger partial charge in [0, 0.05) is 18.1 Å². The SMILES string of the molecule is COCC(=O)Nc1nc2scc(-c3ccc(F)cc3)n2n1. The quantitative estimate of drug-likeness (QED) is 0.802. The van der Waals surface area contributed by atoms with Gasteiger partial charge in [-0.25, -0.2) is 8.91 Å². The third kappa shape index (κ3) is 2.76. The second-order valence-electron chi connectivity index (χ2n) is 4.24. The zero-order valence-corrected chi connectivity index (χ0v) is 11.9. The van der Waals surface area contributed by atoms with Crippen LogP contribution in [0.5, 0.6) is 0 Å². The lowest BCUT2D eigenvalue weighted by molar-refractivity contribution is -0.119. The van der Waals surface area contributed by atoms with Gasteiger partial charge in [-0.1, -0.05) is 0 Å². The molecule has 0 bridgehead atoms. The van der Waals surface area contributed by atoms with Crippen LogP contribution in [-0.2, 0) is 9.53 Å². The highest BCUT2D eigenvalue weighted by atomic mass is 32.1. The minimum absolute atomic E-state index is 0.0579. The van der Waals surface area contributed by atoms with E-state index >= 15 is 0 Å². The summed E-state index contributed by atoms with van der Waals surface area (Å²) in [5, 5.41) is 8.65. The van der Waals surface area contributed by atoms with E-state index in [1.165, 1.54) is 30.6 Å². The normalized spacial score (nSPS) is 11.0. The highest BCUT2D eigenvalue weighted by molar-refractivity contribution is 7.15. The molecule has 0 aliphatic carbocycles. The fraction of sp³-hybridized carbons (Fsp3) is 0.154. The number of methoxy groups -OCH3 is 1. The number of hydrogen-bond acceptors (Lipinski definition) is 5. The predicted octanol–water partition coefficient (Wildman–Crippen LogP) is 2.18. The van der Waals surface area contributed by atoms with Crippen LogP contribution in [-0.4, -0.2) is 34.2 Å². The molecule has 0 spiro atoms. The van der Waals surface area contributed by atoms with Crippen LogP contribution in [0, 0.1) is 5.82 Å². The second-order valence-corrected chi connectivity index (χ2v) is 5.08. The molecule has 0 radical (unpaired) electrons. The maximum absolute atomic E-state index is 13.0. The van der Waals surface area contributed by atoms with Gasteiger partial charge in [0.2, 0.25) is 4.96 Å². The van der Waals surface area contributed by atoms with Crippen molar-refractivity contribution >= 4 is 28.2 Å². The van der Waals surface area contributed by atoms with Gasteiger partial charge in [-0.15, -0.1) is 16.4 Å². The lowest BCUT2D eigenvalue weighted by Crippen LogP contribution is -2.18. The third-order valence-corrected chi connectivity index (χ3v) is 3.56. The van der Waals surface area contributed by atoms with Gasteiger partial charge in [-0.2, -0.15) is 4.98 Å². The van der Waals surface area contributed by atoms with Gasteiger partial charge in [0.05, 0.1) is 5.69 Å². The van der Waals surface area contributed by atoms with E-state index < -0.39 is 0 Å². The number of anilines is 1. The number of nitrogens with zero attached hydrogens (tertiary/aromatic N) is 3. The number of hydrogen-bond donors (Lipinski definition) is 1. The van der Waals surface area contributed by atoms with Crippen LogP contribution >= 0.6 is 11.3 Å². The van der Waals surface area contributed by atoms with Crippen molar-refractivity contribution < 1.29 is 13.9 Å². The number of amides is 1. The number of carbonyl (C=O) groups excluding carboxylic acids is 1. The molecular formula is C13H11FN4O2S. The predicted molar refractivity (Wildman–Crippen MR) is 76.8 cm³/mol. The Kier molecular flexibility index (Phi) is 3.63. The Morgan fingerprint density at radius 2 is 2.19 bits per heavy atom. The highest BCUT2D eigenvalue weighted by Crippen LogP contribution is 2.25. The smallest absolute Gasteiger partial charge is 0.252 e. The highest BCUT2D eigenvalue weighted by Gasteiger charge is 2.13. The topological polar surface area (TPSA) is 68.5 Å². The molecule has 2 aromatic heterocycles. The van der Waals surface area contributed by atoms with Crippen LogP contribution in [0.15, 0.2) is 29.6 Å². The molecule has 0 aliphatic heterocycles. The fourth-order valence-electron chi connectivity index (χ4n) is 1.85. The van der Waals surface area contributed by atoms with E-state index in [4.69, 9.17) is 4.74 Å². The van der Waals surface area contributed by atoms with Crippen LogP contribution < -0.4 is 5.32 Å². The summed E-state index contributed by atoms with van der Waals surface area (Å²) in [6.07, 6.45) is 0. The molecule has 108 valence electrons. The summed E-state index contributed by atoms with van der Waals surface area (Å²) in [5.41, 5.74) is 1.61. The van der Waals surface area contributed by atoms with Crippen LogP contribution in [0.2, 0.25) is 0 Å². The summed E-state index contributed by atoms with van der Waals surface area (Å²) < 4.78 is 19.3. The molecule has 3 rings (SSSR count). The molecular weight excluding hydrogens is 295 g/mol. The number of rotatable bonds is 4. The summed E-state index contributed by atoms with van der Waals surface area (Å²) in [7, 11) is 1.44. The first kappa shape index (κ1) is 13.7. The number of fused-ring (bicyclic) bond motifs is 1. The summed E-state index contributed by atoms with van der Waals surface area (Å²) in [5.74, 6) is -0.400. The number of benzene rings is 1. The van der Waals surface area contributed by atoms with Crippen molar-refractivity contribution in [2.24, 2.45) is 0 Å². The number of ether oxygens (including phenoxy) is 1. The van der Waals surface area contributed by atoms with Gasteiger partial charge in [0.25, 0.3) is 11.9 Å². The van der Waals surface area contributed by atoms with Crippen LogP contribution in [0.3, 0.4) is 0 Å². The number of aromatic nitrogens is 3. The van der Waals surface area contributed by atoms with Crippen molar-refractivity contribution in [2.45, 2.75) is 0 Å². The van der Waals surface area contributed by atoms with Gasteiger partial charge in [-0.05, 0) is 24.3 Å². The number of thiazole rings is 1. The van der Waals surface area contributed by atoms with E-state index in [-0.39, 0.29) is 24.3 Å². The first-order valence-electron chi connectivity index (χ1n) is 6.06. The number of nitrogens with one attached hydrogen (secondary N) is 1. The van der Waals surface area contributed by atoms with Crippen LogP contribution in [0.25, 0.3) is 16.2 Å². The van der Waals surface area contributed by atoms with Crippen LogP contribution in [0.1, 0.15) is 0 Å². The van der Waals surface area contributed by atoms with Crippen LogP contribution in [0.4, 0.5) is 10.3 Å². The molecule has 3 aromatic rings. The Labute approximate surface area is 123 Å². The molecule has 1 amide bonds. The first-order chi connectivity index (χ1) is 10.2. The molecule has 2 heterocycles.